The van der Waals surface area contributed by atoms with Crippen molar-refractivity contribution in [3.63, 3.8) is 0 Å². The van der Waals surface area contributed by atoms with Gasteiger partial charge in [0.2, 0.25) is 0 Å². The van der Waals surface area contributed by atoms with Gasteiger partial charge in [-0.25, -0.2) is 12.4 Å². The second-order valence-corrected chi connectivity index (χ2v) is 7.25. The molecule has 23 heavy (non-hydrogen) atoms. The lowest BCUT2D eigenvalue weighted by Gasteiger charge is -2.07. The number of aliphatic hydroxyl groups is 1. The molecular formula is C17H18N2O3S. The average Bonchev–Trinajstić information content (AvgIpc) is 2.95. The van der Waals surface area contributed by atoms with Crippen LogP contribution in [0.1, 0.15) is 5.56 Å². The summed E-state index contributed by atoms with van der Waals surface area (Å²) >= 11 is 0. The van der Waals surface area contributed by atoms with E-state index in [9.17, 15) is 8.42 Å². The minimum atomic E-state index is -3.67. The Morgan fingerprint density at radius 3 is 2.39 bits per heavy atom. The summed E-state index contributed by atoms with van der Waals surface area (Å²) in [5.41, 5.74) is 7.23. The molecule has 3 aromatic rings. The Bertz CT molecular complexity index is 917. The fraction of sp³-hybridized carbons (Fsp3) is 0.176. The van der Waals surface area contributed by atoms with E-state index >= 15 is 0 Å². The molecule has 0 saturated heterocycles. The number of hydrogen-bond donors (Lipinski definition) is 2. The second-order valence-electron chi connectivity index (χ2n) is 5.43. The predicted molar refractivity (Wildman–Crippen MR) is 89.7 cm³/mol. The van der Waals surface area contributed by atoms with E-state index in [0.29, 0.717) is 11.9 Å². The third-order valence-electron chi connectivity index (χ3n) is 3.78. The maximum absolute atomic E-state index is 12.9. The van der Waals surface area contributed by atoms with Crippen molar-refractivity contribution in [2.24, 2.45) is 5.73 Å². The minimum Gasteiger partial charge on any atom is -0.395 e. The van der Waals surface area contributed by atoms with Crippen molar-refractivity contribution in [3.8, 4) is 0 Å². The first-order valence-corrected chi connectivity index (χ1v) is 8.74. The quantitative estimate of drug-likeness (QED) is 0.746. The number of benzene rings is 2. The van der Waals surface area contributed by atoms with Gasteiger partial charge in [0.1, 0.15) is 0 Å². The molecule has 3 N–H and O–H groups in total. The zero-order valence-corrected chi connectivity index (χ0v) is 13.3. The van der Waals surface area contributed by atoms with Crippen LogP contribution in [0.5, 0.6) is 0 Å². The molecule has 1 heterocycles. The van der Waals surface area contributed by atoms with Gasteiger partial charge in [-0.05, 0) is 30.2 Å². The number of rotatable bonds is 5. The van der Waals surface area contributed by atoms with Crippen LogP contribution in [0.15, 0.2) is 65.7 Å². The van der Waals surface area contributed by atoms with Crippen molar-refractivity contribution < 1.29 is 13.5 Å². The Balaban J connectivity index is 2.19. The molecule has 0 aliphatic carbocycles. The van der Waals surface area contributed by atoms with Gasteiger partial charge in [-0.3, -0.25) is 0 Å². The van der Waals surface area contributed by atoms with Crippen LogP contribution in [0.3, 0.4) is 0 Å². The maximum atomic E-state index is 12.9. The molecule has 1 unspecified atom stereocenters. The molecule has 120 valence electrons. The monoisotopic (exact) mass is 330 g/mol. The summed E-state index contributed by atoms with van der Waals surface area (Å²) in [5, 5.41) is 9.99. The van der Waals surface area contributed by atoms with Crippen molar-refractivity contribution in [1.82, 2.24) is 3.97 Å². The summed E-state index contributed by atoms with van der Waals surface area (Å²) in [5.74, 6) is 0. The van der Waals surface area contributed by atoms with E-state index in [-0.39, 0.29) is 11.5 Å². The van der Waals surface area contributed by atoms with Gasteiger partial charge in [0.15, 0.2) is 0 Å². The average molecular weight is 330 g/mol. The van der Waals surface area contributed by atoms with Crippen LogP contribution < -0.4 is 5.73 Å². The molecule has 2 aromatic carbocycles. The van der Waals surface area contributed by atoms with Gasteiger partial charge in [0, 0.05) is 17.6 Å². The highest BCUT2D eigenvalue weighted by Crippen LogP contribution is 2.26. The van der Waals surface area contributed by atoms with Gasteiger partial charge in [-0.2, -0.15) is 0 Å². The molecular weight excluding hydrogens is 312 g/mol. The SMILES string of the molecule is NC(CO)Cc1cn(S(=O)(=O)c2ccccc2)c2ccccc12. The Morgan fingerprint density at radius 1 is 1.04 bits per heavy atom. The Hall–Kier alpha value is -2.15. The van der Waals surface area contributed by atoms with E-state index in [2.05, 4.69) is 0 Å². The van der Waals surface area contributed by atoms with E-state index in [4.69, 9.17) is 10.8 Å². The minimum absolute atomic E-state index is 0.148. The topological polar surface area (TPSA) is 85.3 Å². The predicted octanol–water partition coefficient (Wildman–Crippen LogP) is 1.74. The first-order chi connectivity index (χ1) is 11.0. The third-order valence-corrected chi connectivity index (χ3v) is 5.47. The highest BCUT2D eigenvalue weighted by molar-refractivity contribution is 7.90. The third kappa shape index (κ3) is 2.88. The summed E-state index contributed by atoms with van der Waals surface area (Å²) < 4.78 is 27.1. The van der Waals surface area contributed by atoms with Crippen molar-refractivity contribution in [2.75, 3.05) is 6.61 Å². The van der Waals surface area contributed by atoms with Gasteiger partial charge in [0.25, 0.3) is 10.0 Å². The lowest BCUT2D eigenvalue weighted by atomic mass is 10.1. The van der Waals surface area contributed by atoms with Crippen molar-refractivity contribution >= 4 is 20.9 Å². The van der Waals surface area contributed by atoms with E-state index < -0.39 is 16.1 Å². The molecule has 0 aliphatic rings. The zero-order chi connectivity index (χ0) is 16.4. The highest BCUT2D eigenvalue weighted by Gasteiger charge is 2.21. The van der Waals surface area contributed by atoms with Crippen molar-refractivity contribution in [1.29, 1.82) is 0 Å². The molecule has 0 spiro atoms. The molecule has 0 fully saturated rings. The number of aromatic nitrogens is 1. The fourth-order valence-electron chi connectivity index (χ4n) is 2.63. The molecule has 0 radical (unpaired) electrons. The molecule has 0 saturated carbocycles. The summed E-state index contributed by atoms with van der Waals surface area (Å²) in [6.07, 6.45) is 2.01. The molecule has 0 bridgehead atoms. The number of nitrogens with zero attached hydrogens (tertiary/aromatic N) is 1. The summed E-state index contributed by atoms with van der Waals surface area (Å²) in [6.45, 7) is -0.148. The molecule has 3 rings (SSSR count). The van der Waals surface area contributed by atoms with Gasteiger partial charge >= 0.3 is 0 Å². The number of fused-ring (bicyclic) bond motifs is 1. The van der Waals surface area contributed by atoms with Gasteiger partial charge in [-0.1, -0.05) is 36.4 Å². The molecule has 6 heteroatoms. The van der Waals surface area contributed by atoms with E-state index in [1.807, 2.05) is 12.1 Å². The second kappa shape index (κ2) is 6.16. The molecule has 1 aromatic heterocycles. The first-order valence-electron chi connectivity index (χ1n) is 7.30. The fourth-order valence-corrected chi connectivity index (χ4v) is 4.04. The standard InChI is InChI=1S/C17H18N2O3S/c18-14(12-20)10-13-11-19(17-9-5-4-8-16(13)17)23(21,22)15-6-2-1-3-7-15/h1-9,11,14,20H,10,12,18H2. The lowest BCUT2D eigenvalue weighted by Crippen LogP contribution is -2.26. The van der Waals surface area contributed by atoms with Crippen LogP contribution in [0.25, 0.3) is 10.9 Å². The number of nitrogens with two attached hydrogens (primary N) is 1. The highest BCUT2D eigenvalue weighted by atomic mass is 32.2. The molecule has 0 amide bonds. The molecule has 1 atom stereocenters. The Morgan fingerprint density at radius 2 is 1.70 bits per heavy atom. The van der Waals surface area contributed by atoms with Crippen LogP contribution in [0.2, 0.25) is 0 Å². The van der Waals surface area contributed by atoms with Gasteiger partial charge in [0.05, 0.1) is 17.0 Å². The first kappa shape index (κ1) is 15.7. The van der Waals surface area contributed by atoms with Gasteiger partial charge in [-0.15, -0.1) is 0 Å². The smallest absolute Gasteiger partial charge is 0.268 e. The van der Waals surface area contributed by atoms with Crippen LogP contribution in [-0.4, -0.2) is 30.1 Å². The van der Waals surface area contributed by atoms with E-state index in [1.165, 1.54) is 3.97 Å². The molecule has 5 nitrogen and oxygen atoms in total. The zero-order valence-electron chi connectivity index (χ0n) is 12.5. The number of aliphatic hydroxyl groups excluding tert-OH is 1. The van der Waals surface area contributed by atoms with Crippen LogP contribution >= 0.6 is 0 Å². The maximum Gasteiger partial charge on any atom is 0.268 e. The number of hydrogen-bond acceptors (Lipinski definition) is 4. The van der Waals surface area contributed by atoms with Crippen LogP contribution in [-0.2, 0) is 16.4 Å². The van der Waals surface area contributed by atoms with Crippen molar-refractivity contribution in [3.05, 3.63) is 66.4 Å². The van der Waals surface area contributed by atoms with Crippen LogP contribution in [0, 0.1) is 0 Å². The molecule has 0 aliphatic heterocycles. The van der Waals surface area contributed by atoms with Gasteiger partial charge < -0.3 is 10.8 Å². The Kier molecular flexibility index (Phi) is 4.21. The largest absolute Gasteiger partial charge is 0.395 e. The number of para-hydroxylation sites is 1. The lowest BCUT2D eigenvalue weighted by molar-refractivity contribution is 0.265. The summed E-state index contributed by atoms with van der Waals surface area (Å²) in [6, 6.07) is 15.2. The van der Waals surface area contributed by atoms with E-state index in [0.717, 1.165) is 10.9 Å². The summed E-state index contributed by atoms with van der Waals surface area (Å²) in [4.78, 5) is 0.235. The van der Waals surface area contributed by atoms with Crippen LogP contribution in [0.4, 0.5) is 0 Å². The van der Waals surface area contributed by atoms with E-state index in [1.54, 1.807) is 48.7 Å². The summed E-state index contributed by atoms with van der Waals surface area (Å²) in [7, 11) is -3.67. The van der Waals surface area contributed by atoms with Crippen molar-refractivity contribution in [2.45, 2.75) is 17.4 Å². The Labute approximate surface area is 135 Å². The normalized spacial score (nSPS) is 13.3.